The summed E-state index contributed by atoms with van der Waals surface area (Å²) in [5.41, 5.74) is 11.7. The number of phenols is 1. The first kappa shape index (κ1) is 55.9. The summed E-state index contributed by atoms with van der Waals surface area (Å²) in [5, 5.41) is 26.6. The maximum Gasteiger partial charge on any atom is 0.325 e. The van der Waals surface area contributed by atoms with Gasteiger partial charge < -0.3 is 44.1 Å². The summed E-state index contributed by atoms with van der Waals surface area (Å²) in [6.07, 6.45) is 3.51. The molecule has 4 N–H and O–H groups in total. The normalized spacial score (nSPS) is 24.2. The number of carbonyl (C=O) groups excluding carboxylic acids is 4. The number of esters is 1. The number of hydrazine groups is 1. The zero-order valence-corrected chi connectivity index (χ0v) is 47.2. The van der Waals surface area contributed by atoms with Gasteiger partial charge in [-0.2, -0.15) is 0 Å². The molecule has 5 aliphatic rings. The second kappa shape index (κ2) is 23.4. The molecule has 8 atom stereocenters. The first-order valence-electron chi connectivity index (χ1n) is 28.5. The third-order valence-corrected chi connectivity index (χ3v) is 17.2. The zero-order valence-electron chi connectivity index (χ0n) is 47.2. The van der Waals surface area contributed by atoms with Crippen LogP contribution in [0, 0.1) is 23.2 Å². The molecule has 3 amide bonds. The number of anilines is 1. The van der Waals surface area contributed by atoms with Crippen molar-refractivity contribution in [2.24, 2.45) is 23.2 Å². The second-order valence-electron chi connectivity index (χ2n) is 23.8. The van der Waals surface area contributed by atoms with Gasteiger partial charge in [0, 0.05) is 107 Å². The summed E-state index contributed by atoms with van der Waals surface area (Å²) in [7, 11) is 3.32. The Morgan fingerprint density at radius 2 is 1.77 bits per heavy atom. The lowest BCUT2D eigenvalue weighted by molar-refractivity contribution is -0.156. The van der Waals surface area contributed by atoms with Gasteiger partial charge in [0.1, 0.15) is 30.0 Å². The Bertz CT molecular complexity index is 3040. The lowest BCUT2D eigenvalue weighted by Crippen LogP contribution is -2.63. The minimum Gasteiger partial charge on any atom is -0.508 e. The number of nitrogens with zero attached hydrogens (tertiary/aromatic N) is 6. The van der Waals surface area contributed by atoms with Gasteiger partial charge in [-0.15, -0.1) is 0 Å². The van der Waals surface area contributed by atoms with Gasteiger partial charge in [0.05, 0.1) is 36.0 Å². The SMILES string of the molecule is CCn1c(-c2cc(N3CCN(CCCO)CC3)cnc2[C@H](C)OC)c2c3cc(ccc31)-c1cc(O)cc(c1)C[C@H](NC(=O)[C@H](C(C)C)N(C)C(=O)[C@@H]1OCC[C@@H]1c1ccccc1)C(=O)N1CC3C[C@@H]3[C@H](N1)C(=O)OCC(C)(C)C2. The molecule has 3 saturated heterocycles. The standard InChI is InChI=1S/C62H80N8O9/c1-9-69-52-17-16-41-30-48(52)50(56(69)49-32-44(34-63-53(49)38(4)77-8)68-22-20-67(21-23-68)19-13-24-71)33-62(5,6)36-79-61(76)54-47-31-43(47)35-70(65-54)59(74)51(28-39-26-42(41)29-45(72)27-39)64-58(73)55(37(2)3)66(7)60(75)57-46(18-25-78-57)40-14-11-10-12-15-40/h10-12,14-17,26-27,29-30,32,34,37-38,43,46-47,51,54-55,57,65,71-72H,9,13,18-25,28,31,33,35-36H2,1-8H3,(H,64,73)/t38-,43?,46+,47-,51-,54-,55-,57+/m0/s1. The zero-order chi connectivity index (χ0) is 55.9. The number of hydrogen-bond donors (Lipinski definition) is 4. The molecule has 4 aliphatic heterocycles. The average Bonchev–Trinajstić information content (AvgIpc) is 4.21. The highest BCUT2D eigenvalue weighted by Crippen LogP contribution is 2.46. The third kappa shape index (κ3) is 11.7. The fraction of sp³-hybridized carbons (Fsp3) is 0.532. The van der Waals surface area contributed by atoms with E-state index >= 15 is 4.79 Å². The van der Waals surface area contributed by atoms with Crippen LogP contribution in [0.1, 0.15) is 95.2 Å². The number of ether oxygens (including phenoxy) is 3. The lowest BCUT2D eigenvalue weighted by atomic mass is 9.84. The van der Waals surface area contributed by atoms with Crippen molar-refractivity contribution in [3.8, 4) is 28.1 Å². The molecule has 6 heterocycles. The molecule has 5 aromatic rings. The van der Waals surface area contributed by atoms with Gasteiger partial charge in [0.25, 0.3) is 11.8 Å². The molecule has 4 fully saturated rings. The number of aromatic nitrogens is 2. The van der Waals surface area contributed by atoms with Crippen molar-refractivity contribution in [3.05, 3.63) is 101 Å². The first-order chi connectivity index (χ1) is 38.0. The molecule has 6 bridgehead atoms. The van der Waals surface area contributed by atoms with Crippen LogP contribution < -0.4 is 15.6 Å². The van der Waals surface area contributed by atoms with Crippen molar-refractivity contribution in [1.82, 2.24) is 35.1 Å². The van der Waals surface area contributed by atoms with Gasteiger partial charge >= 0.3 is 5.97 Å². The number of aromatic hydroxyl groups is 1. The number of methoxy groups -OCH3 is 1. The highest BCUT2D eigenvalue weighted by molar-refractivity contribution is 5.96. The fourth-order valence-electron chi connectivity index (χ4n) is 12.9. The fourth-order valence-corrected chi connectivity index (χ4v) is 12.9. The van der Waals surface area contributed by atoms with Crippen LogP contribution in [-0.4, -0.2) is 156 Å². The Morgan fingerprint density at radius 1 is 1.00 bits per heavy atom. The predicted molar refractivity (Wildman–Crippen MR) is 303 cm³/mol. The number of pyridine rings is 1. The van der Waals surface area contributed by atoms with Crippen molar-refractivity contribution >= 4 is 40.3 Å². The minimum absolute atomic E-state index is 0.00216. The number of nitrogens with one attached hydrogen (secondary N) is 2. The van der Waals surface area contributed by atoms with Crippen molar-refractivity contribution in [2.45, 2.75) is 116 Å². The van der Waals surface area contributed by atoms with Crippen LogP contribution >= 0.6 is 0 Å². The maximum atomic E-state index is 15.1. The number of aliphatic hydroxyl groups excluding tert-OH is 1. The van der Waals surface area contributed by atoms with E-state index in [1.54, 1.807) is 26.3 Å². The molecule has 0 radical (unpaired) electrons. The lowest BCUT2D eigenvalue weighted by Gasteiger charge is -2.37. The first-order valence-corrected chi connectivity index (χ1v) is 28.5. The number of amides is 3. The molecule has 422 valence electrons. The topological polar surface area (TPSA) is 191 Å². The van der Waals surface area contributed by atoms with Gasteiger partial charge in [-0.25, -0.2) is 5.43 Å². The number of phenolic OH excluding ortho intramolecular Hbond substituents is 1. The van der Waals surface area contributed by atoms with Crippen molar-refractivity contribution < 1.29 is 43.6 Å². The molecule has 3 aromatic carbocycles. The van der Waals surface area contributed by atoms with Crippen LogP contribution in [0.4, 0.5) is 5.69 Å². The van der Waals surface area contributed by atoms with Crippen molar-refractivity contribution in [2.75, 3.05) is 78.1 Å². The monoisotopic (exact) mass is 1080 g/mol. The van der Waals surface area contributed by atoms with E-state index in [1.807, 2.05) is 63.4 Å². The number of rotatable bonds is 14. The Labute approximate surface area is 464 Å². The van der Waals surface area contributed by atoms with Crippen molar-refractivity contribution in [3.63, 3.8) is 0 Å². The summed E-state index contributed by atoms with van der Waals surface area (Å²) < 4.78 is 20.8. The largest absolute Gasteiger partial charge is 0.508 e. The van der Waals surface area contributed by atoms with Gasteiger partial charge in [-0.05, 0) is 115 Å². The molecular weight excluding hydrogens is 1000 g/mol. The van der Waals surface area contributed by atoms with Gasteiger partial charge in [0.15, 0.2) is 0 Å². The van der Waals surface area contributed by atoms with Crippen LogP contribution in [0.3, 0.4) is 0 Å². The van der Waals surface area contributed by atoms with Gasteiger partial charge in [0.2, 0.25) is 5.91 Å². The summed E-state index contributed by atoms with van der Waals surface area (Å²) in [6.45, 7) is 18.1. The van der Waals surface area contributed by atoms with E-state index in [-0.39, 0.29) is 61.1 Å². The van der Waals surface area contributed by atoms with Gasteiger partial charge in [-0.1, -0.05) is 70.2 Å². The highest BCUT2D eigenvalue weighted by atomic mass is 16.5. The predicted octanol–water partition coefficient (Wildman–Crippen LogP) is 6.87. The van der Waals surface area contributed by atoms with E-state index in [1.165, 1.54) is 9.91 Å². The third-order valence-electron chi connectivity index (χ3n) is 17.2. The number of carbonyl (C=O) groups is 4. The molecule has 10 rings (SSSR count). The van der Waals surface area contributed by atoms with Crippen molar-refractivity contribution in [1.29, 1.82) is 0 Å². The molecule has 0 spiro atoms. The molecule has 1 unspecified atom stereocenters. The highest BCUT2D eigenvalue weighted by Gasteiger charge is 2.53. The van der Waals surface area contributed by atoms with Crippen LogP contribution in [0.5, 0.6) is 5.75 Å². The van der Waals surface area contributed by atoms with E-state index in [0.717, 1.165) is 101 Å². The van der Waals surface area contributed by atoms with E-state index in [2.05, 4.69) is 70.1 Å². The Morgan fingerprint density at radius 3 is 2.49 bits per heavy atom. The number of fused-ring (bicyclic) bond motifs is 8. The summed E-state index contributed by atoms with van der Waals surface area (Å²) in [6, 6.07) is 20.8. The number of hydrogen-bond acceptors (Lipinski definition) is 13. The number of aliphatic hydroxyl groups is 1. The Kier molecular flexibility index (Phi) is 16.6. The van der Waals surface area contributed by atoms with Crippen LogP contribution in [0.15, 0.2) is 79.0 Å². The number of likely N-dealkylation sites (N-methyl/N-ethyl adjacent to an activating group) is 1. The van der Waals surface area contributed by atoms with E-state index in [9.17, 15) is 24.6 Å². The summed E-state index contributed by atoms with van der Waals surface area (Å²) in [5.74, 6) is -2.19. The van der Waals surface area contributed by atoms with Gasteiger partial charge in [-0.3, -0.25) is 34.1 Å². The molecular formula is C62H80N8O9. The minimum atomic E-state index is -1.16. The smallest absolute Gasteiger partial charge is 0.325 e. The average molecular weight is 1080 g/mol. The van der Waals surface area contributed by atoms with Crippen LogP contribution in [0.25, 0.3) is 33.3 Å². The second-order valence-corrected chi connectivity index (χ2v) is 23.8. The number of aryl methyl sites for hydroxylation is 1. The van der Waals surface area contributed by atoms with E-state index < -0.39 is 47.4 Å². The molecule has 79 heavy (non-hydrogen) atoms. The molecule has 2 aromatic heterocycles. The van der Waals surface area contributed by atoms with Crippen LogP contribution in [-0.2, 0) is 52.8 Å². The Balaban J connectivity index is 1.04. The quantitative estimate of drug-likeness (QED) is 0.0845. The molecule has 17 nitrogen and oxygen atoms in total. The van der Waals surface area contributed by atoms with Crippen LogP contribution in [0.2, 0.25) is 0 Å². The number of cyclic esters (lactones) is 1. The maximum absolute atomic E-state index is 15.1. The summed E-state index contributed by atoms with van der Waals surface area (Å²) >= 11 is 0. The Hall–Kier alpha value is -6.37. The summed E-state index contributed by atoms with van der Waals surface area (Å²) in [4.78, 5) is 70.3. The molecule has 17 heteroatoms. The van der Waals surface area contributed by atoms with E-state index in [0.29, 0.717) is 38.1 Å². The van der Waals surface area contributed by atoms with E-state index in [4.69, 9.17) is 19.2 Å². The number of piperazine rings is 1. The molecule has 1 aliphatic carbocycles. The number of benzene rings is 3. The molecule has 1 saturated carbocycles.